The smallest absolute Gasteiger partial charge is 0.262 e. The summed E-state index contributed by atoms with van der Waals surface area (Å²) in [4.78, 5) is 22.6. The first kappa shape index (κ1) is 14.8. The molecule has 110 valence electrons. The van der Waals surface area contributed by atoms with Gasteiger partial charge >= 0.3 is 0 Å². The van der Waals surface area contributed by atoms with Gasteiger partial charge in [0.05, 0.1) is 17.4 Å². The molecule has 0 saturated carbocycles. The number of carbonyl (C=O) groups excluding carboxylic acids is 2. The van der Waals surface area contributed by atoms with Crippen LogP contribution in [0.2, 0.25) is 0 Å². The maximum atomic E-state index is 11.8. The Kier molecular flexibility index (Phi) is 4.71. The van der Waals surface area contributed by atoms with Crippen LogP contribution in [0.3, 0.4) is 0 Å². The highest BCUT2D eigenvalue weighted by Crippen LogP contribution is 2.15. The maximum Gasteiger partial charge on any atom is 0.262 e. The first-order valence-electron chi connectivity index (χ1n) is 6.61. The Bertz CT molecular complexity index is 635. The molecular formula is C15H17N3O3. The van der Waals surface area contributed by atoms with Crippen molar-refractivity contribution in [1.29, 1.82) is 0 Å². The van der Waals surface area contributed by atoms with Crippen LogP contribution in [0, 0.1) is 0 Å². The third-order valence-electron chi connectivity index (χ3n) is 2.82. The topological polar surface area (TPSA) is 73.2 Å². The van der Waals surface area contributed by atoms with Gasteiger partial charge in [-0.1, -0.05) is 12.1 Å². The zero-order chi connectivity index (χ0) is 15.2. The average Bonchev–Trinajstić information content (AvgIpc) is 2.94. The van der Waals surface area contributed by atoms with Gasteiger partial charge in [0, 0.05) is 12.2 Å². The van der Waals surface area contributed by atoms with Gasteiger partial charge in [0.2, 0.25) is 0 Å². The van der Waals surface area contributed by atoms with Gasteiger partial charge in [-0.3, -0.25) is 14.3 Å². The number of aldehydes is 1. The Morgan fingerprint density at radius 3 is 2.86 bits per heavy atom. The van der Waals surface area contributed by atoms with Gasteiger partial charge in [-0.15, -0.1) is 0 Å². The van der Waals surface area contributed by atoms with Crippen molar-refractivity contribution in [3.05, 3.63) is 42.2 Å². The average molecular weight is 287 g/mol. The molecule has 2 aromatic rings. The van der Waals surface area contributed by atoms with Crippen LogP contribution in [0.1, 0.15) is 30.2 Å². The zero-order valence-corrected chi connectivity index (χ0v) is 11.9. The molecule has 0 saturated heterocycles. The molecule has 0 spiro atoms. The fourth-order valence-electron chi connectivity index (χ4n) is 1.73. The van der Waals surface area contributed by atoms with Crippen LogP contribution < -0.4 is 10.1 Å². The van der Waals surface area contributed by atoms with E-state index in [2.05, 4.69) is 10.4 Å². The van der Waals surface area contributed by atoms with Gasteiger partial charge in [-0.05, 0) is 26.0 Å². The second kappa shape index (κ2) is 6.69. The number of nitrogens with zero attached hydrogens (tertiary/aromatic N) is 2. The number of hydrogen-bond acceptors (Lipinski definition) is 4. The summed E-state index contributed by atoms with van der Waals surface area (Å²) in [5, 5.41) is 6.82. The number of anilines is 1. The molecule has 1 aromatic carbocycles. The summed E-state index contributed by atoms with van der Waals surface area (Å²) in [6.07, 6.45) is 4.03. The van der Waals surface area contributed by atoms with E-state index in [0.29, 0.717) is 23.3 Å². The minimum atomic E-state index is -0.306. The van der Waals surface area contributed by atoms with E-state index in [1.165, 1.54) is 0 Å². The number of hydrogen-bond donors (Lipinski definition) is 1. The summed E-state index contributed by atoms with van der Waals surface area (Å²) in [6, 6.07) is 6.98. The van der Waals surface area contributed by atoms with Crippen molar-refractivity contribution in [2.75, 3.05) is 11.9 Å². The lowest BCUT2D eigenvalue weighted by Crippen LogP contribution is -2.20. The monoisotopic (exact) mass is 287 g/mol. The fourth-order valence-corrected chi connectivity index (χ4v) is 1.73. The van der Waals surface area contributed by atoms with Crippen molar-refractivity contribution in [2.24, 2.45) is 0 Å². The molecule has 0 aliphatic rings. The Morgan fingerprint density at radius 2 is 2.19 bits per heavy atom. The van der Waals surface area contributed by atoms with E-state index in [9.17, 15) is 9.59 Å². The molecular weight excluding hydrogens is 270 g/mol. The lowest BCUT2D eigenvalue weighted by molar-refractivity contribution is -0.118. The summed E-state index contributed by atoms with van der Waals surface area (Å²) in [7, 11) is 0. The van der Waals surface area contributed by atoms with E-state index < -0.39 is 0 Å². The van der Waals surface area contributed by atoms with E-state index in [1.54, 1.807) is 41.3 Å². The van der Waals surface area contributed by atoms with Crippen LogP contribution >= 0.6 is 0 Å². The molecule has 1 amide bonds. The Balaban J connectivity index is 1.91. The number of nitrogens with one attached hydrogen (secondary N) is 1. The predicted octanol–water partition coefficient (Wildman–Crippen LogP) is 2.29. The molecule has 0 unspecified atom stereocenters. The number of carbonyl (C=O) groups is 2. The van der Waals surface area contributed by atoms with Crippen LogP contribution in [0.5, 0.6) is 5.75 Å². The molecule has 21 heavy (non-hydrogen) atoms. The standard InChI is InChI=1S/C15H17N3O3/c1-11(2)18-8-13(7-16-18)17-15(20)10-21-14-6-4-3-5-12(14)9-19/h3-9,11H,10H2,1-2H3,(H,17,20). The molecule has 0 aliphatic carbocycles. The van der Waals surface area contributed by atoms with Crippen molar-refractivity contribution in [3.8, 4) is 5.75 Å². The highest BCUT2D eigenvalue weighted by molar-refractivity contribution is 5.91. The Morgan fingerprint density at radius 1 is 1.43 bits per heavy atom. The molecule has 6 heteroatoms. The van der Waals surface area contributed by atoms with Crippen molar-refractivity contribution in [3.63, 3.8) is 0 Å². The van der Waals surface area contributed by atoms with Gasteiger partial charge in [0.25, 0.3) is 5.91 Å². The Labute approximate surface area is 122 Å². The fraction of sp³-hybridized carbons (Fsp3) is 0.267. The van der Waals surface area contributed by atoms with Crippen molar-refractivity contribution < 1.29 is 14.3 Å². The second-order valence-corrected chi connectivity index (χ2v) is 4.80. The quantitative estimate of drug-likeness (QED) is 0.827. The van der Waals surface area contributed by atoms with Crippen LogP contribution in [0.4, 0.5) is 5.69 Å². The van der Waals surface area contributed by atoms with E-state index in [4.69, 9.17) is 4.74 Å². The SMILES string of the molecule is CC(C)n1cc(NC(=O)COc2ccccc2C=O)cn1. The predicted molar refractivity (Wildman–Crippen MR) is 78.6 cm³/mol. The highest BCUT2D eigenvalue weighted by atomic mass is 16.5. The lowest BCUT2D eigenvalue weighted by Gasteiger charge is -2.08. The van der Waals surface area contributed by atoms with E-state index in [0.717, 1.165) is 0 Å². The largest absolute Gasteiger partial charge is 0.483 e. The van der Waals surface area contributed by atoms with E-state index in [1.807, 2.05) is 13.8 Å². The van der Waals surface area contributed by atoms with E-state index >= 15 is 0 Å². The van der Waals surface area contributed by atoms with E-state index in [-0.39, 0.29) is 18.6 Å². The number of amides is 1. The number of para-hydroxylation sites is 1. The van der Waals surface area contributed by atoms with Crippen LogP contribution in [-0.2, 0) is 4.79 Å². The summed E-state index contributed by atoms with van der Waals surface area (Å²) >= 11 is 0. The van der Waals surface area contributed by atoms with Gasteiger partial charge in [0.1, 0.15) is 5.75 Å². The summed E-state index contributed by atoms with van der Waals surface area (Å²) in [5.74, 6) is 0.0829. The van der Waals surface area contributed by atoms with Crippen molar-refractivity contribution in [2.45, 2.75) is 19.9 Å². The maximum absolute atomic E-state index is 11.8. The number of ether oxygens (including phenoxy) is 1. The first-order valence-corrected chi connectivity index (χ1v) is 6.61. The normalized spacial score (nSPS) is 10.4. The number of rotatable bonds is 6. The molecule has 1 aromatic heterocycles. The molecule has 0 bridgehead atoms. The minimum absolute atomic E-state index is 0.169. The summed E-state index contributed by atoms with van der Waals surface area (Å²) in [5.41, 5.74) is 1.03. The molecule has 0 fully saturated rings. The number of aromatic nitrogens is 2. The lowest BCUT2D eigenvalue weighted by atomic mass is 10.2. The third-order valence-corrected chi connectivity index (χ3v) is 2.82. The summed E-state index contributed by atoms with van der Waals surface area (Å²) in [6.45, 7) is 3.83. The summed E-state index contributed by atoms with van der Waals surface area (Å²) < 4.78 is 7.09. The molecule has 6 nitrogen and oxygen atoms in total. The van der Waals surface area contributed by atoms with Gasteiger partial charge < -0.3 is 10.1 Å². The molecule has 0 aliphatic heterocycles. The second-order valence-electron chi connectivity index (χ2n) is 4.80. The first-order chi connectivity index (χ1) is 10.1. The highest BCUT2D eigenvalue weighted by Gasteiger charge is 2.08. The molecule has 0 radical (unpaired) electrons. The zero-order valence-electron chi connectivity index (χ0n) is 11.9. The van der Waals surface area contributed by atoms with Crippen LogP contribution in [0.15, 0.2) is 36.7 Å². The number of benzene rings is 1. The minimum Gasteiger partial charge on any atom is -0.483 e. The molecule has 1 N–H and O–H groups in total. The van der Waals surface area contributed by atoms with Crippen molar-refractivity contribution >= 4 is 17.9 Å². The molecule has 1 heterocycles. The van der Waals surface area contributed by atoms with Gasteiger partial charge in [-0.25, -0.2) is 0 Å². The van der Waals surface area contributed by atoms with Crippen LogP contribution in [-0.4, -0.2) is 28.6 Å². The molecule has 2 rings (SSSR count). The third kappa shape index (κ3) is 3.92. The van der Waals surface area contributed by atoms with Gasteiger partial charge in [-0.2, -0.15) is 5.10 Å². The molecule has 0 atom stereocenters. The van der Waals surface area contributed by atoms with Gasteiger partial charge in [0.15, 0.2) is 12.9 Å². The van der Waals surface area contributed by atoms with Crippen LogP contribution in [0.25, 0.3) is 0 Å². The Hall–Kier alpha value is -2.63. The van der Waals surface area contributed by atoms with Crippen molar-refractivity contribution in [1.82, 2.24) is 9.78 Å².